The average Bonchev–Trinajstić information content (AvgIpc) is 3.29. The molecule has 0 aliphatic heterocycles. The lowest BCUT2D eigenvalue weighted by atomic mass is 9.95. The number of nitrogens with zero attached hydrogens (tertiary/aromatic N) is 5. The summed E-state index contributed by atoms with van der Waals surface area (Å²) in [6.07, 6.45) is 4.17. The highest BCUT2D eigenvalue weighted by molar-refractivity contribution is 5.96. The number of pyridine rings is 1. The van der Waals surface area contributed by atoms with Crippen LogP contribution < -0.4 is 5.32 Å². The zero-order chi connectivity index (χ0) is 22.6. The summed E-state index contributed by atoms with van der Waals surface area (Å²) in [6, 6.07) is 25.1. The van der Waals surface area contributed by atoms with E-state index in [-0.39, 0.29) is 11.8 Å². The monoisotopic (exact) mass is 434 g/mol. The maximum atomic E-state index is 12.8. The highest BCUT2D eigenvalue weighted by Gasteiger charge is 2.18. The molecule has 3 aromatic heterocycles. The molecule has 162 valence electrons. The first kappa shape index (κ1) is 20.5. The second-order valence-electron chi connectivity index (χ2n) is 7.69. The standard InChI is InChI=1S/C26H22N6O/c1-2-22(18-6-4-3-5-7-18)26(33)28-21-10-8-19(9-11-21)23-12-13-24-29-30-25(32(24)31-23)20-14-16-27-17-15-20/h3-17,22H,2H2,1H3,(H,28,33). The van der Waals surface area contributed by atoms with E-state index >= 15 is 0 Å². The Balaban J connectivity index is 1.38. The summed E-state index contributed by atoms with van der Waals surface area (Å²) in [4.78, 5) is 16.9. The molecule has 3 heterocycles. The second kappa shape index (κ2) is 9.00. The highest BCUT2D eigenvalue weighted by Crippen LogP contribution is 2.24. The van der Waals surface area contributed by atoms with Crippen molar-refractivity contribution in [2.24, 2.45) is 0 Å². The number of fused-ring (bicyclic) bond motifs is 1. The zero-order valence-electron chi connectivity index (χ0n) is 18.1. The molecular formula is C26H22N6O. The van der Waals surface area contributed by atoms with Crippen LogP contribution in [0.25, 0.3) is 28.3 Å². The molecule has 5 rings (SSSR count). The van der Waals surface area contributed by atoms with Gasteiger partial charge in [-0.2, -0.15) is 9.61 Å². The van der Waals surface area contributed by atoms with Crippen molar-refractivity contribution in [3.05, 3.63) is 96.8 Å². The van der Waals surface area contributed by atoms with Gasteiger partial charge in [0.2, 0.25) is 5.91 Å². The molecule has 7 heteroatoms. The second-order valence-corrected chi connectivity index (χ2v) is 7.69. The SMILES string of the molecule is CCC(C(=O)Nc1ccc(-c2ccc3nnc(-c4ccncc4)n3n2)cc1)c1ccccc1. The van der Waals surface area contributed by atoms with E-state index in [2.05, 4.69) is 20.5 Å². The first-order valence-corrected chi connectivity index (χ1v) is 10.8. The molecular weight excluding hydrogens is 412 g/mol. The number of aromatic nitrogens is 5. The van der Waals surface area contributed by atoms with Gasteiger partial charge in [-0.05, 0) is 48.4 Å². The fourth-order valence-electron chi connectivity index (χ4n) is 3.84. The highest BCUT2D eigenvalue weighted by atomic mass is 16.1. The third-order valence-electron chi connectivity index (χ3n) is 5.58. The normalized spacial score (nSPS) is 11.9. The average molecular weight is 435 g/mol. The molecule has 0 aliphatic rings. The van der Waals surface area contributed by atoms with Crippen LogP contribution in [0.5, 0.6) is 0 Å². The first-order chi connectivity index (χ1) is 16.2. The molecule has 0 bridgehead atoms. The smallest absolute Gasteiger partial charge is 0.231 e. The van der Waals surface area contributed by atoms with E-state index in [1.54, 1.807) is 16.9 Å². The molecule has 1 unspecified atom stereocenters. The van der Waals surface area contributed by atoms with E-state index in [4.69, 9.17) is 5.10 Å². The summed E-state index contributed by atoms with van der Waals surface area (Å²) in [5.41, 5.74) is 5.04. The van der Waals surface area contributed by atoms with E-state index in [0.29, 0.717) is 11.5 Å². The lowest BCUT2D eigenvalue weighted by Gasteiger charge is -2.15. The molecule has 1 N–H and O–H groups in total. The van der Waals surface area contributed by atoms with Gasteiger partial charge in [-0.1, -0.05) is 49.4 Å². The van der Waals surface area contributed by atoms with Crippen LogP contribution in [0.3, 0.4) is 0 Å². The topological polar surface area (TPSA) is 85.1 Å². The van der Waals surface area contributed by atoms with Crippen molar-refractivity contribution in [3.8, 4) is 22.6 Å². The van der Waals surface area contributed by atoms with Crippen LogP contribution in [0.2, 0.25) is 0 Å². The van der Waals surface area contributed by atoms with Crippen LogP contribution in [0.4, 0.5) is 5.69 Å². The molecule has 2 aromatic carbocycles. The molecule has 0 spiro atoms. The van der Waals surface area contributed by atoms with E-state index in [1.165, 1.54) is 0 Å². The van der Waals surface area contributed by atoms with Gasteiger partial charge in [-0.25, -0.2) is 0 Å². The van der Waals surface area contributed by atoms with Gasteiger partial charge in [-0.3, -0.25) is 9.78 Å². The van der Waals surface area contributed by atoms with Crippen molar-refractivity contribution in [2.75, 3.05) is 5.32 Å². The number of carbonyl (C=O) groups is 1. The van der Waals surface area contributed by atoms with Gasteiger partial charge < -0.3 is 5.32 Å². The molecule has 0 aliphatic carbocycles. The number of nitrogens with one attached hydrogen (secondary N) is 1. The number of rotatable bonds is 6. The molecule has 1 amide bonds. The van der Waals surface area contributed by atoms with E-state index < -0.39 is 0 Å². The number of hydrogen-bond donors (Lipinski definition) is 1. The Morgan fingerprint density at radius 3 is 2.36 bits per heavy atom. The van der Waals surface area contributed by atoms with Gasteiger partial charge in [0.05, 0.1) is 11.6 Å². The van der Waals surface area contributed by atoms with Gasteiger partial charge >= 0.3 is 0 Å². The zero-order valence-corrected chi connectivity index (χ0v) is 18.1. The number of anilines is 1. The summed E-state index contributed by atoms with van der Waals surface area (Å²) >= 11 is 0. The molecule has 1 atom stereocenters. The minimum atomic E-state index is -0.185. The van der Waals surface area contributed by atoms with Crippen LogP contribution >= 0.6 is 0 Å². The molecule has 0 fully saturated rings. The predicted octanol–water partition coefficient (Wildman–Crippen LogP) is 4.99. The Morgan fingerprint density at radius 1 is 0.879 bits per heavy atom. The summed E-state index contributed by atoms with van der Waals surface area (Å²) in [5.74, 6) is 0.461. The largest absolute Gasteiger partial charge is 0.326 e. The van der Waals surface area contributed by atoms with E-state index in [9.17, 15) is 4.79 Å². The Morgan fingerprint density at radius 2 is 1.64 bits per heavy atom. The Hall–Kier alpha value is -4.39. The maximum Gasteiger partial charge on any atom is 0.231 e. The van der Waals surface area contributed by atoms with Crippen LogP contribution in [0.15, 0.2) is 91.3 Å². The van der Waals surface area contributed by atoms with Crippen LogP contribution in [0.1, 0.15) is 24.8 Å². The molecule has 33 heavy (non-hydrogen) atoms. The lowest BCUT2D eigenvalue weighted by molar-refractivity contribution is -0.117. The third kappa shape index (κ3) is 4.21. The number of benzene rings is 2. The first-order valence-electron chi connectivity index (χ1n) is 10.8. The van der Waals surface area contributed by atoms with Crippen LogP contribution in [-0.4, -0.2) is 30.7 Å². The molecule has 0 saturated heterocycles. The number of amides is 1. The van der Waals surface area contributed by atoms with Crippen molar-refractivity contribution >= 4 is 17.2 Å². The molecule has 0 saturated carbocycles. The fraction of sp³-hybridized carbons (Fsp3) is 0.115. The van der Waals surface area contributed by atoms with Gasteiger partial charge in [0, 0.05) is 29.2 Å². The number of hydrogen-bond acceptors (Lipinski definition) is 5. The van der Waals surface area contributed by atoms with Crippen molar-refractivity contribution in [2.45, 2.75) is 19.3 Å². The minimum absolute atomic E-state index is 0.0116. The molecule has 5 aromatic rings. The van der Waals surface area contributed by atoms with E-state index in [1.807, 2.05) is 85.8 Å². The van der Waals surface area contributed by atoms with Crippen LogP contribution in [0, 0.1) is 0 Å². The lowest BCUT2D eigenvalue weighted by Crippen LogP contribution is -2.20. The van der Waals surface area contributed by atoms with Crippen molar-refractivity contribution < 1.29 is 4.79 Å². The summed E-state index contributed by atoms with van der Waals surface area (Å²) in [5, 5.41) is 16.3. The van der Waals surface area contributed by atoms with Crippen molar-refractivity contribution in [1.82, 2.24) is 24.8 Å². The Labute approximate surface area is 191 Å². The Kier molecular flexibility index (Phi) is 5.59. The third-order valence-corrected chi connectivity index (χ3v) is 5.58. The quantitative estimate of drug-likeness (QED) is 0.407. The molecule has 0 radical (unpaired) electrons. The van der Waals surface area contributed by atoms with Gasteiger partial charge in [-0.15, -0.1) is 10.2 Å². The summed E-state index contributed by atoms with van der Waals surface area (Å²) < 4.78 is 1.73. The van der Waals surface area contributed by atoms with E-state index in [0.717, 1.165) is 34.5 Å². The Bertz CT molecular complexity index is 1380. The van der Waals surface area contributed by atoms with Crippen LogP contribution in [-0.2, 0) is 4.79 Å². The predicted molar refractivity (Wildman–Crippen MR) is 128 cm³/mol. The van der Waals surface area contributed by atoms with Crippen molar-refractivity contribution in [1.29, 1.82) is 0 Å². The molecule has 7 nitrogen and oxygen atoms in total. The van der Waals surface area contributed by atoms with Gasteiger partial charge in [0.15, 0.2) is 11.5 Å². The maximum absolute atomic E-state index is 12.8. The van der Waals surface area contributed by atoms with Gasteiger partial charge in [0.25, 0.3) is 0 Å². The van der Waals surface area contributed by atoms with Gasteiger partial charge in [0.1, 0.15) is 0 Å². The van der Waals surface area contributed by atoms with Crippen molar-refractivity contribution in [3.63, 3.8) is 0 Å². The summed E-state index contributed by atoms with van der Waals surface area (Å²) in [6.45, 7) is 2.02. The minimum Gasteiger partial charge on any atom is -0.326 e. The summed E-state index contributed by atoms with van der Waals surface area (Å²) in [7, 11) is 0. The number of carbonyl (C=O) groups excluding carboxylic acids is 1. The fourth-order valence-corrected chi connectivity index (χ4v) is 3.84.